The summed E-state index contributed by atoms with van der Waals surface area (Å²) >= 11 is 0. The largest absolute Gasteiger partial charge is 0.480 e. The summed E-state index contributed by atoms with van der Waals surface area (Å²) in [5.41, 5.74) is -2.15. The van der Waals surface area contributed by atoms with Crippen molar-refractivity contribution in [3.8, 4) is 5.82 Å². The van der Waals surface area contributed by atoms with E-state index in [1.165, 1.54) is 6.07 Å². The maximum Gasteiger partial charge on any atom is 0.419 e. The predicted octanol–water partition coefficient (Wildman–Crippen LogP) is 3.04. The van der Waals surface area contributed by atoms with Gasteiger partial charge < -0.3 is 5.11 Å². The number of carboxylic acids is 1. The molecule has 3 aromatic rings. The first-order chi connectivity index (χ1) is 15.0. The monoisotopic (exact) mass is 468 g/mol. The maximum absolute atomic E-state index is 12.9. The van der Waals surface area contributed by atoms with E-state index in [0.717, 1.165) is 23.1 Å². The van der Waals surface area contributed by atoms with Crippen LogP contribution >= 0.6 is 0 Å². The molecule has 0 unspecified atom stereocenters. The molecule has 3 rings (SSSR count). The quantitative estimate of drug-likeness (QED) is 0.525. The van der Waals surface area contributed by atoms with E-state index >= 15 is 0 Å². The normalized spacial score (nSPS) is 14.1. The number of pyridine rings is 1. The van der Waals surface area contributed by atoms with Crippen LogP contribution in [-0.4, -0.2) is 39.8 Å². The number of aromatic nitrogens is 3. The Morgan fingerprint density at radius 1 is 1.12 bits per heavy atom. The van der Waals surface area contributed by atoms with Crippen LogP contribution in [0.15, 0.2) is 66.0 Å². The molecule has 0 saturated carbocycles. The Bertz CT molecular complexity index is 1200. The van der Waals surface area contributed by atoms with Crippen LogP contribution < -0.4 is 4.72 Å². The van der Waals surface area contributed by atoms with Crippen LogP contribution in [0.25, 0.3) is 5.82 Å². The fourth-order valence-corrected chi connectivity index (χ4v) is 4.40. The number of nitrogens with zero attached hydrogens (tertiary/aromatic N) is 3. The van der Waals surface area contributed by atoms with Gasteiger partial charge >= 0.3 is 12.1 Å². The molecule has 2 aromatic heterocycles. The summed E-state index contributed by atoms with van der Waals surface area (Å²) in [5, 5.41) is 13.4. The van der Waals surface area contributed by atoms with Crippen LogP contribution in [0.3, 0.4) is 0 Å². The fraction of sp³-hybridized carbons (Fsp3) is 0.250. The molecule has 0 radical (unpaired) electrons. The molecule has 170 valence electrons. The summed E-state index contributed by atoms with van der Waals surface area (Å²) in [5.74, 6) is -1.38. The number of benzene rings is 1. The molecule has 0 aliphatic carbocycles. The molecule has 0 aliphatic rings. The molecule has 32 heavy (non-hydrogen) atoms. The number of aliphatic carboxylic acids is 1. The highest BCUT2D eigenvalue weighted by atomic mass is 32.2. The van der Waals surface area contributed by atoms with E-state index in [4.69, 9.17) is 0 Å². The number of hydrogen-bond acceptors (Lipinski definition) is 5. The number of carboxylic acid groups (broad SMARTS) is 1. The fourth-order valence-electron chi connectivity index (χ4n) is 3.03. The van der Waals surface area contributed by atoms with Crippen molar-refractivity contribution >= 4 is 16.0 Å². The van der Waals surface area contributed by atoms with Gasteiger partial charge in [0.05, 0.1) is 11.8 Å². The Balaban J connectivity index is 1.87. The highest BCUT2D eigenvalue weighted by molar-refractivity contribution is 7.89. The van der Waals surface area contributed by atoms with Crippen molar-refractivity contribution in [1.29, 1.82) is 0 Å². The first kappa shape index (κ1) is 23.4. The van der Waals surface area contributed by atoms with Gasteiger partial charge in [0.25, 0.3) is 0 Å². The third-order valence-electron chi connectivity index (χ3n) is 4.87. The zero-order chi connectivity index (χ0) is 23.6. The maximum atomic E-state index is 12.9. The van der Waals surface area contributed by atoms with E-state index < -0.39 is 33.3 Å². The average molecular weight is 468 g/mol. The molecule has 0 bridgehead atoms. The third-order valence-corrected chi connectivity index (χ3v) is 6.39. The second kappa shape index (κ2) is 8.71. The summed E-state index contributed by atoms with van der Waals surface area (Å²) in [6.07, 6.45) is -2.42. The van der Waals surface area contributed by atoms with Gasteiger partial charge in [-0.25, -0.2) is 18.1 Å². The van der Waals surface area contributed by atoms with Gasteiger partial charge in [-0.05, 0) is 24.1 Å². The van der Waals surface area contributed by atoms with Gasteiger partial charge in [0.2, 0.25) is 10.0 Å². The topological polar surface area (TPSA) is 114 Å². The molecule has 1 aromatic carbocycles. The molecule has 1 atom stereocenters. The second-order valence-electron chi connectivity index (χ2n) is 7.03. The molecule has 2 N–H and O–H groups in total. The summed E-state index contributed by atoms with van der Waals surface area (Å²) in [6.45, 7) is 1.55. The van der Waals surface area contributed by atoms with Gasteiger partial charge in [0.15, 0.2) is 5.82 Å². The molecule has 8 nitrogen and oxygen atoms in total. The van der Waals surface area contributed by atoms with Crippen LogP contribution in [0.1, 0.15) is 24.5 Å². The van der Waals surface area contributed by atoms with Crippen LogP contribution in [-0.2, 0) is 27.4 Å². The SMILES string of the molecule is CC[C@@](Cc1ccccc1)(NS(=O)(=O)c1ccc(-n2cc(C(F)(F)F)cn2)nc1)C(=O)O. The number of carbonyl (C=O) groups is 1. The summed E-state index contributed by atoms with van der Waals surface area (Å²) < 4.78 is 67.1. The van der Waals surface area contributed by atoms with E-state index in [0.29, 0.717) is 11.8 Å². The van der Waals surface area contributed by atoms with Crippen molar-refractivity contribution in [2.45, 2.75) is 36.4 Å². The summed E-state index contributed by atoms with van der Waals surface area (Å²) in [4.78, 5) is 15.6. The van der Waals surface area contributed by atoms with Crippen LogP contribution in [0, 0.1) is 0 Å². The number of rotatable bonds is 8. The van der Waals surface area contributed by atoms with E-state index in [1.807, 2.05) is 0 Å². The standard InChI is InChI=1S/C20H19F3N4O4S/c1-2-19(18(28)29,10-14-6-4-3-5-7-14)26-32(30,31)16-8-9-17(24-12-16)27-13-15(11-25-27)20(21,22)23/h3-9,11-13,26H,2,10H2,1H3,(H,28,29)/t19-/m0/s1. The minimum Gasteiger partial charge on any atom is -0.480 e. The van der Waals surface area contributed by atoms with Crippen molar-refractivity contribution in [1.82, 2.24) is 19.5 Å². The number of nitrogens with one attached hydrogen (secondary N) is 1. The lowest BCUT2D eigenvalue weighted by Gasteiger charge is -2.29. The van der Waals surface area contributed by atoms with Crippen molar-refractivity contribution in [3.05, 3.63) is 72.2 Å². The van der Waals surface area contributed by atoms with Gasteiger partial charge in [0, 0.05) is 18.8 Å². The Morgan fingerprint density at radius 2 is 1.81 bits per heavy atom. The van der Waals surface area contributed by atoms with Crippen molar-refractivity contribution in [3.63, 3.8) is 0 Å². The second-order valence-corrected chi connectivity index (χ2v) is 8.71. The molecule has 0 aliphatic heterocycles. The molecule has 0 amide bonds. The lowest BCUT2D eigenvalue weighted by molar-refractivity contribution is -0.144. The predicted molar refractivity (Wildman–Crippen MR) is 107 cm³/mol. The number of halogens is 3. The smallest absolute Gasteiger partial charge is 0.419 e. The van der Waals surface area contributed by atoms with Crippen LogP contribution in [0.2, 0.25) is 0 Å². The van der Waals surface area contributed by atoms with E-state index in [1.54, 1.807) is 37.3 Å². The van der Waals surface area contributed by atoms with Crippen LogP contribution in [0.4, 0.5) is 13.2 Å². The van der Waals surface area contributed by atoms with Gasteiger partial charge in [-0.15, -0.1) is 0 Å². The highest BCUT2D eigenvalue weighted by Crippen LogP contribution is 2.29. The Kier molecular flexibility index (Phi) is 6.37. The molecular formula is C20H19F3N4O4S. The molecule has 12 heteroatoms. The molecule has 2 heterocycles. The Hall–Kier alpha value is -3.25. The van der Waals surface area contributed by atoms with Gasteiger partial charge in [-0.2, -0.15) is 23.0 Å². The van der Waals surface area contributed by atoms with Crippen molar-refractivity contribution in [2.75, 3.05) is 0 Å². The first-order valence-corrected chi connectivity index (χ1v) is 10.8. The van der Waals surface area contributed by atoms with E-state index in [9.17, 15) is 31.5 Å². The number of sulfonamides is 1. The summed E-state index contributed by atoms with van der Waals surface area (Å²) in [7, 11) is -4.32. The van der Waals surface area contributed by atoms with Crippen LogP contribution in [0.5, 0.6) is 0 Å². The highest BCUT2D eigenvalue weighted by Gasteiger charge is 2.41. The zero-order valence-corrected chi connectivity index (χ0v) is 17.6. The minimum absolute atomic E-state index is 0.0323. The Labute approximate surface area is 181 Å². The van der Waals surface area contributed by atoms with E-state index in [2.05, 4.69) is 14.8 Å². The molecular weight excluding hydrogens is 449 g/mol. The average Bonchev–Trinajstić information content (AvgIpc) is 3.25. The lowest BCUT2D eigenvalue weighted by Crippen LogP contribution is -2.55. The van der Waals surface area contributed by atoms with Gasteiger partial charge in [-0.3, -0.25) is 4.79 Å². The van der Waals surface area contributed by atoms with Crippen molar-refractivity contribution in [2.24, 2.45) is 0 Å². The third kappa shape index (κ3) is 4.97. The number of hydrogen-bond donors (Lipinski definition) is 2. The van der Waals surface area contributed by atoms with Gasteiger partial charge in [0.1, 0.15) is 10.4 Å². The number of alkyl halides is 3. The lowest BCUT2D eigenvalue weighted by atomic mass is 9.89. The van der Waals surface area contributed by atoms with Gasteiger partial charge in [-0.1, -0.05) is 37.3 Å². The van der Waals surface area contributed by atoms with E-state index in [-0.39, 0.29) is 23.6 Å². The molecule has 0 saturated heterocycles. The van der Waals surface area contributed by atoms with Crippen molar-refractivity contribution < 1.29 is 31.5 Å². The zero-order valence-electron chi connectivity index (χ0n) is 16.7. The molecule has 0 fully saturated rings. The summed E-state index contributed by atoms with van der Waals surface area (Å²) in [6, 6.07) is 10.9. The minimum atomic E-state index is -4.58. The first-order valence-electron chi connectivity index (χ1n) is 9.36. The molecule has 0 spiro atoms. The Morgan fingerprint density at radius 3 is 2.31 bits per heavy atom.